The monoisotopic (exact) mass is 276 g/mol. The van der Waals surface area contributed by atoms with E-state index in [1.807, 2.05) is 0 Å². The number of sulfone groups is 1. The Morgan fingerprint density at radius 3 is 2.50 bits per heavy atom. The summed E-state index contributed by atoms with van der Waals surface area (Å²) in [5.41, 5.74) is 0.159. The van der Waals surface area contributed by atoms with Crippen LogP contribution in [0.3, 0.4) is 0 Å². The van der Waals surface area contributed by atoms with E-state index in [0.29, 0.717) is 12.3 Å². The zero-order valence-electron chi connectivity index (χ0n) is 12.0. The highest BCUT2D eigenvalue weighted by atomic mass is 32.2. The Kier molecular flexibility index (Phi) is 6.08. The molecule has 0 amide bonds. The van der Waals surface area contributed by atoms with Crippen LogP contribution in [-0.2, 0) is 9.84 Å². The Morgan fingerprint density at radius 2 is 1.89 bits per heavy atom. The predicted molar refractivity (Wildman–Crippen MR) is 76.7 cm³/mol. The molecule has 0 aliphatic carbocycles. The van der Waals surface area contributed by atoms with E-state index in [9.17, 15) is 8.42 Å². The zero-order valence-corrected chi connectivity index (χ0v) is 12.8. The maximum absolute atomic E-state index is 11.8. The fraction of sp³-hybridized carbons (Fsp3) is 1.00. The van der Waals surface area contributed by atoms with Gasteiger partial charge in [-0.05, 0) is 53.1 Å². The Hall–Kier alpha value is -0.130. The summed E-state index contributed by atoms with van der Waals surface area (Å²) in [6.07, 6.45) is 3.76. The molecule has 1 aliphatic rings. The van der Waals surface area contributed by atoms with Crippen LogP contribution >= 0.6 is 0 Å². The molecule has 1 rings (SSSR count). The van der Waals surface area contributed by atoms with Gasteiger partial charge in [-0.1, -0.05) is 6.42 Å². The first-order valence-corrected chi connectivity index (χ1v) is 8.70. The zero-order chi connectivity index (χ0) is 13.6. The first-order chi connectivity index (χ1) is 8.31. The van der Waals surface area contributed by atoms with Crippen molar-refractivity contribution in [1.82, 2.24) is 10.6 Å². The first kappa shape index (κ1) is 15.9. The molecule has 2 N–H and O–H groups in total. The molecule has 0 spiro atoms. The van der Waals surface area contributed by atoms with Crippen molar-refractivity contribution in [3.05, 3.63) is 0 Å². The lowest BCUT2D eigenvalue weighted by molar-refractivity contribution is 0.417. The molecule has 18 heavy (non-hydrogen) atoms. The number of hydrogen-bond acceptors (Lipinski definition) is 4. The minimum atomic E-state index is -2.82. The van der Waals surface area contributed by atoms with Crippen LogP contribution in [0.1, 0.15) is 46.5 Å². The summed E-state index contributed by atoms with van der Waals surface area (Å²) in [5.74, 6) is 0.380. The highest BCUT2D eigenvalue weighted by Gasteiger charge is 2.27. The average Bonchev–Trinajstić information content (AvgIpc) is 2.23. The van der Waals surface area contributed by atoms with E-state index >= 15 is 0 Å². The third-order valence-electron chi connectivity index (χ3n) is 3.27. The van der Waals surface area contributed by atoms with Crippen LogP contribution in [-0.4, -0.2) is 44.6 Å². The van der Waals surface area contributed by atoms with Gasteiger partial charge in [0.05, 0.1) is 11.0 Å². The number of hydrogen-bond donors (Lipinski definition) is 2. The molecule has 0 bridgehead atoms. The highest BCUT2D eigenvalue weighted by Crippen LogP contribution is 2.18. The average molecular weight is 276 g/mol. The van der Waals surface area contributed by atoms with Gasteiger partial charge in [0.25, 0.3) is 0 Å². The Balaban J connectivity index is 2.11. The van der Waals surface area contributed by atoms with Gasteiger partial charge < -0.3 is 10.6 Å². The summed E-state index contributed by atoms with van der Waals surface area (Å²) in [7, 11) is -2.82. The SMILES string of the molecule is CC(C)(C)NCCCNCC1CCCCS1(=O)=O. The fourth-order valence-corrected chi connectivity index (χ4v) is 4.03. The molecular formula is C13H28N2O2S. The topological polar surface area (TPSA) is 58.2 Å². The quantitative estimate of drug-likeness (QED) is 0.719. The van der Waals surface area contributed by atoms with E-state index in [-0.39, 0.29) is 10.8 Å². The second kappa shape index (κ2) is 6.87. The standard InChI is InChI=1S/C13H28N2O2S/c1-13(2,3)15-9-6-8-14-11-12-7-4-5-10-18(12,16)17/h12,14-15H,4-11H2,1-3H3. The predicted octanol–water partition coefficient (Wildman–Crippen LogP) is 1.32. The third kappa shape index (κ3) is 6.16. The minimum absolute atomic E-state index is 0.151. The molecule has 1 aliphatic heterocycles. The van der Waals surface area contributed by atoms with Gasteiger partial charge in [-0.3, -0.25) is 0 Å². The Morgan fingerprint density at radius 1 is 1.17 bits per heavy atom. The van der Waals surface area contributed by atoms with Crippen molar-refractivity contribution in [3.8, 4) is 0 Å². The van der Waals surface area contributed by atoms with E-state index in [0.717, 1.165) is 38.8 Å². The van der Waals surface area contributed by atoms with Crippen LogP contribution in [0.25, 0.3) is 0 Å². The molecule has 1 saturated heterocycles. The summed E-state index contributed by atoms with van der Waals surface area (Å²) in [6.45, 7) is 8.92. The Bertz CT molecular complexity index is 333. The van der Waals surface area contributed by atoms with Crippen molar-refractivity contribution in [3.63, 3.8) is 0 Å². The van der Waals surface area contributed by atoms with Crippen LogP contribution in [0.4, 0.5) is 0 Å². The maximum atomic E-state index is 11.8. The number of nitrogens with one attached hydrogen (secondary N) is 2. The van der Waals surface area contributed by atoms with E-state index in [1.165, 1.54) is 0 Å². The normalized spacial score (nSPS) is 24.1. The second-order valence-electron chi connectivity index (χ2n) is 6.22. The van der Waals surface area contributed by atoms with Gasteiger partial charge in [0.1, 0.15) is 0 Å². The van der Waals surface area contributed by atoms with Crippen molar-refractivity contribution in [2.45, 2.75) is 57.2 Å². The van der Waals surface area contributed by atoms with Crippen molar-refractivity contribution < 1.29 is 8.42 Å². The van der Waals surface area contributed by atoms with Crippen LogP contribution in [0.5, 0.6) is 0 Å². The van der Waals surface area contributed by atoms with Gasteiger partial charge >= 0.3 is 0 Å². The van der Waals surface area contributed by atoms with Crippen molar-refractivity contribution >= 4 is 9.84 Å². The van der Waals surface area contributed by atoms with Gasteiger partial charge in [-0.25, -0.2) is 8.42 Å². The summed E-state index contributed by atoms with van der Waals surface area (Å²) < 4.78 is 23.6. The number of rotatable bonds is 6. The third-order valence-corrected chi connectivity index (χ3v) is 5.55. The van der Waals surface area contributed by atoms with E-state index in [1.54, 1.807) is 0 Å². The smallest absolute Gasteiger partial charge is 0.154 e. The van der Waals surface area contributed by atoms with Gasteiger partial charge in [0, 0.05) is 12.1 Å². The molecule has 1 heterocycles. The van der Waals surface area contributed by atoms with Crippen LogP contribution in [0.2, 0.25) is 0 Å². The molecule has 0 aromatic heterocycles. The maximum Gasteiger partial charge on any atom is 0.154 e. The fourth-order valence-electron chi connectivity index (χ4n) is 2.19. The first-order valence-electron chi connectivity index (χ1n) is 6.98. The molecular weight excluding hydrogens is 248 g/mol. The van der Waals surface area contributed by atoms with Gasteiger partial charge in [-0.15, -0.1) is 0 Å². The molecule has 108 valence electrons. The van der Waals surface area contributed by atoms with Crippen molar-refractivity contribution in [1.29, 1.82) is 0 Å². The largest absolute Gasteiger partial charge is 0.315 e. The minimum Gasteiger partial charge on any atom is -0.315 e. The lowest BCUT2D eigenvalue weighted by atomic mass is 10.1. The summed E-state index contributed by atoms with van der Waals surface area (Å²) in [6, 6.07) is 0. The Labute approximate surface area is 112 Å². The van der Waals surface area contributed by atoms with E-state index in [2.05, 4.69) is 31.4 Å². The molecule has 5 heteroatoms. The van der Waals surface area contributed by atoms with E-state index in [4.69, 9.17) is 0 Å². The summed E-state index contributed by atoms with van der Waals surface area (Å²) in [4.78, 5) is 0. The van der Waals surface area contributed by atoms with Crippen molar-refractivity contribution in [2.24, 2.45) is 0 Å². The molecule has 4 nitrogen and oxygen atoms in total. The van der Waals surface area contributed by atoms with Crippen LogP contribution < -0.4 is 10.6 Å². The lowest BCUT2D eigenvalue weighted by Crippen LogP contribution is -2.39. The van der Waals surface area contributed by atoms with Crippen molar-refractivity contribution in [2.75, 3.05) is 25.4 Å². The summed E-state index contributed by atoms with van der Waals surface area (Å²) >= 11 is 0. The van der Waals surface area contributed by atoms with Gasteiger partial charge in [0.15, 0.2) is 9.84 Å². The molecule has 0 aromatic rings. The molecule has 0 aromatic carbocycles. The molecule has 0 saturated carbocycles. The second-order valence-corrected chi connectivity index (χ2v) is 8.62. The summed E-state index contributed by atoms with van der Waals surface area (Å²) in [5, 5.41) is 6.55. The highest BCUT2D eigenvalue weighted by molar-refractivity contribution is 7.92. The van der Waals surface area contributed by atoms with Crippen LogP contribution in [0.15, 0.2) is 0 Å². The molecule has 1 unspecified atom stereocenters. The molecule has 1 atom stereocenters. The lowest BCUT2D eigenvalue weighted by Gasteiger charge is -2.23. The molecule has 1 fully saturated rings. The van der Waals surface area contributed by atoms with E-state index < -0.39 is 9.84 Å². The van der Waals surface area contributed by atoms with Gasteiger partial charge in [-0.2, -0.15) is 0 Å². The van der Waals surface area contributed by atoms with Crippen LogP contribution in [0, 0.1) is 0 Å². The van der Waals surface area contributed by atoms with Gasteiger partial charge in [0.2, 0.25) is 0 Å². The molecule has 0 radical (unpaired) electrons.